The third kappa shape index (κ3) is 3.40. The molecule has 0 heterocycles. The van der Waals surface area contributed by atoms with Gasteiger partial charge in [-0.05, 0) is 6.42 Å². The molecule has 0 unspecified atom stereocenters. The zero-order chi connectivity index (χ0) is 6.41. The lowest BCUT2D eigenvalue weighted by Crippen LogP contribution is -1.88. The lowest BCUT2D eigenvalue weighted by molar-refractivity contribution is -0.114. The molecular formula is C6H10O2. The van der Waals surface area contributed by atoms with Gasteiger partial charge in [-0.1, -0.05) is 6.92 Å². The third-order valence-corrected chi connectivity index (χ3v) is 0.757. The molecule has 0 spiro atoms. The van der Waals surface area contributed by atoms with Gasteiger partial charge in [0.25, 0.3) is 0 Å². The van der Waals surface area contributed by atoms with Gasteiger partial charge in [-0.2, -0.15) is 0 Å². The quantitative estimate of drug-likeness (QED) is 0.447. The highest BCUT2D eigenvalue weighted by Crippen LogP contribution is 1.88. The van der Waals surface area contributed by atoms with E-state index in [1.165, 1.54) is 6.08 Å². The van der Waals surface area contributed by atoms with Crippen molar-refractivity contribution in [3.63, 3.8) is 0 Å². The van der Waals surface area contributed by atoms with Crippen molar-refractivity contribution in [3.05, 3.63) is 12.3 Å². The smallest absolute Gasteiger partial charge is 0.158 e. The molecule has 0 aliphatic rings. The van der Waals surface area contributed by atoms with E-state index < -0.39 is 0 Å². The van der Waals surface area contributed by atoms with Gasteiger partial charge in [0, 0.05) is 12.5 Å². The molecule has 0 saturated heterocycles. The van der Waals surface area contributed by atoms with Gasteiger partial charge in [0.1, 0.15) is 0 Å². The van der Waals surface area contributed by atoms with Crippen molar-refractivity contribution in [2.24, 2.45) is 0 Å². The van der Waals surface area contributed by atoms with E-state index in [1.54, 1.807) is 0 Å². The highest BCUT2D eigenvalue weighted by atomic mass is 16.4. The van der Waals surface area contributed by atoms with Crippen LogP contribution in [0.3, 0.4) is 0 Å². The average molecular weight is 116 g/mol. The van der Waals surface area contributed by atoms with Crippen molar-refractivity contribution < 1.29 is 9.90 Å². The monoisotopic (exact) mass is 116 g/mol. The van der Waals surface area contributed by atoms with Gasteiger partial charge in [-0.3, -0.25) is 4.79 Å². The molecule has 0 aliphatic heterocycles. The largest absolute Gasteiger partial charge is 0.515 e. The van der Waals surface area contributed by atoms with Gasteiger partial charge in [0.15, 0.2) is 5.78 Å². The van der Waals surface area contributed by atoms with Crippen LogP contribution in [-0.4, -0.2) is 10.9 Å². The summed E-state index contributed by atoms with van der Waals surface area (Å²) >= 11 is 0. The standard InChI is InChI=1S/C6H10O2/c1-2-3-6(8)4-5-7/h4-5,7H,2-3H2,1H3/b5-4-/i5+2. The summed E-state index contributed by atoms with van der Waals surface area (Å²) in [4.78, 5) is 10.4. The second-order valence-electron chi connectivity index (χ2n) is 1.53. The van der Waals surface area contributed by atoms with E-state index in [0.717, 1.165) is 12.7 Å². The number of rotatable bonds is 3. The summed E-state index contributed by atoms with van der Waals surface area (Å²) in [6, 6.07) is 0. The Labute approximate surface area is 48.8 Å². The van der Waals surface area contributed by atoms with Crippen LogP contribution >= 0.6 is 0 Å². The molecule has 0 amide bonds. The predicted octanol–water partition coefficient (Wildman–Crippen LogP) is 1.43. The summed E-state index contributed by atoms with van der Waals surface area (Å²) in [6.07, 6.45) is 3.31. The van der Waals surface area contributed by atoms with Crippen molar-refractivity contribution in [3.8, 4) is 0 Å². The number of hydrogen-bond acceptors (Lipinski definition) is 2. The molecule has 0 aliphatic carbocycles. The number of allylic oxidation sites excluding steroid dienone is 1. The van der Waals surface area contributed by atoms with E-state index in [1.807, 2.05) is 6.92 Å². The Morgan fingerprint density at radius 3 is 2.88 bits per heavy atom. The molecule has 0 bridgehead atoms. The van der Waals surface area contributed by atoms with E-state index >= 15 is 0 Å². The molecule has 0 fully saturated rings. The molecule has 0 aromatic carbocycles. The molecule has 0 radical (unpaired) electrons. The molecule has 0 aromatic heterocycles. The minimum atomic E-state index is -0.0185. The summed E-state index contributed by atoms with van der Waals surface area (Å²) in [5, 5.41) is 8.06. The summed E-state index contributed by atoms with van der Waals surface area (Å²) in [5.41, 5.74) is 0. The Hall–Kier alpha value is -0.790. The number of aliphatic hydroxyl groups excluding tert-OH is 1. The lowest BCUT2D eigenvalue weighted by Gasteiger charge is -1.84. The lowest BCUT2D eigenvalue weighted by atomic mass is 10.2. The topological polar surface area (TPSA) is 37.3 Å². The van der Waals surface area contributed by atoms with Gasteiger partial charge in [-0.25, -0.2) is 0 Å². The molecule has 0 atom stereocenters. The van der Waals surface area contributed by atoms with Gasteiger partial charge in [-0.15, -0.1) is 0 Å². The van der Waals surface area contributed by atoms with Gasteiger partial charge in [0.05, 0.1) is 6.26 Å². The third-order valence-electron chi connectivity index (χ3n) is 0.757. The molecule has 2 nitrogen and oxygen atoms in total. The summed E-state index contributed by atoms with van der Waals surface area (Å²) in [7, 11) is 0. The van der Waals surface area contributed by atoms with E-state index in [0.29, 0.717) is 6.42 Å². The molecule has 2 heteroatoms. The zero-order valence-corrected chi connectivity index (χ0v) is 4.92. The maximum Gasteiger partial charge on any atom is 0.158 e. The fourth-order valence-electron chi connectivity index (χ4n) is 0.413. The number of aliphatic hydroxyl groups is 1. The molecule has 1 N–H and O–H groups in total. The Bertz CT molecular complexity index is 94.7. The normalized spacial score (nSPS) is 10.1. The molecule has 0 rings (SSSR count). The summed E-state index contributed by atoms with van der Waals surface area (Å²) in [6.45, 7) is 1.92. The van der Waals surface area contributed by atoms with Crippen LogP contribution in [0.5, 0.6) is 0 Å². The minimum Gasteiger partial charge on any atom is -0.515 e. The highest BCUT2D eigenvalue weighted by molar-refractivity contribution is 5.89. The van der Waals surface area contributed by atoms with Crippen molar-refractivity contribution in [1.82, 2.24) is 0 Å². The van der Waals surface area contributed by atoms with Gasteiger partial charge >= 0.3 is 0 Å². The number of carbonyl (C=O) groups is 1. The number of ketones is 1. The first kappa shape index (κ1) is 7.21. The molecule has 0 aromatic rings. The highest BCUT2D eigenvalue weighted by Gasteiger charge is 1.90. The minimum absolute atomic E-state index is 0.0185. The van der Waals surface area contributed by atoms with Crippen LogP contribution in [0.4, 0.5) is 0 Å². The number of carbonyl (C=O) groups excluding carboxylic acids is 1. The van der Waals surface area contributed by atoms with Crippen molar-refractivity contribution >= 4 is 5.78 Å². The Kier molecular flexibility index (Phi) is 3.94. The van der Waals surface area contributed by atoms with Crippen LogP contribution in [0.15, 0.2) is 12.3 Å². The predicted molar refractivity (Wildman–Crippen MR) is 31.7 cm³/mol. The Balaban J connectivity index is 3.33. The Morgan fingerprint density at radius 1 is 1.88 bits per heavy atom. The van der Waals surface area contributed by atoms with Crippen LogP contribution < -0.4 is 0 Å². The number of hydrogen-bond donors (Lipinski definition) is 1. The molecule has 46 valence electrons. The second-order valence-corrected chi connectivity index (χ2v) is 1.53. The van der Waals surface area contributed by atoms with Crippen LogP contribution in [0.2, 0.25) is 0 Å². The van der Waals surface area contributed by atoms with E-state index in [-0.39, 0.29) is 5.78 Å². The average Bonchev–Trinajstić information content (AvgIpc) is 1.68. The van der Waals surface area contributed by atoms with Crippen molar-refractivity contribution in [1.29, 1.82) is 0 Å². The SMILES string of the molecule is CCCC(=O)/C=[14CH]\O. The van der Waals surface area contributed by atoms with E-state index in [2.05, 4.69) is 0 Å². The molecular weight excluding hydrogens is 106 g/mol. The summed E-state index contributed by atoms with van der Waals surface area (Å²) < 4.78 is 0. The second kappa shape index (κ2) is 4.37. The van der Waals surface area contributed by atoms with Gasteiger partial charge in [0.2, 0.25) is 0 Å². The fourth-order valence-corrected chi connectivity index (χ4v) is 0.413. The van der Waals surface area contributed by atoms with Crippen LogP contribution in [0.25, 0.3) is 0 Å². The summed E-state index contributed by atoms with van der Waals surface area (Å²) in [5.74, 6) is -0.0185. The van der Waals surface area contributed by atoms with Crippen molar-refractivity contribution in [2.45, 2.75) is 19.8 Å². The zero-order valence-electron chi connectivity index (χ0n) is 4.92. The Morgan fingerprint density at radius 2 is 2.50 bits per heavy atom. The maximum absolute atomic E-state index is 10.4. The maximum atomic E-state index is 10.4. The van der Waals surface area contributed by atoms with E-state index in [4.69, 9.17) is 5.11 Å². The van der Waals surface area contributed by atoms with Crippen LogP contribution in [0, 0.1) is 0 Å². The van der Waals surface area contributed by atoms with Crippen molar-refractivity contribution in [2.75, 3.05) is 0 Å². The van der Waals surface area contributed by atoms with Gasteiger partial charge < -0.3 is 5.11 Å². The van der Waals surface area contributed by atoms with Crippen LogP contribution in [0.1, 0.15) is 19.8 Å². The fraction of sp³-hybridized carbons (Fsp3) is 0.500. The van der Waals surface area contributed by atoms with E-state index in [9.17, 15) is 4.79 Å². The first-order valence-electron chi connectivity index (χ1n) is 2.64. The first-order chi connectivity index (χ1) is 3.81. The molecule has 0 saturated carbocycles. The molecule has 8 heavy (non-hydrogen) atoms. The first-order valence-corrected chi connectivity index (χ1v) is 2.64. The van der Waals surface area contributed by atoms with Crippen LogP contribution in [-0.2, 0) is 4.79 Å².